The first-order chi connectivity index (χ1) is 5.52. The van der Waals surface area contributed by atoms with E-state index in [4.69, 9.17) is 0 Å². The van der Waals surface area contributed by atoms with Crippen LogP contribution >= 0.6 is 0 Å². The van der Waals surface area contributed by atoms with Crippen LogP contribution in [0.25, 0.3) is 0 Å². The normalized spacial score (nSPS) is 12.0. The predicted molar refractivity (Wildman–Crippen MR) is 38.3 cm³/mol. The summed E-state index contributed by atoms with van der Waals surface area (Å²) < 4.78 is 45.7. The van der Waals surface area contributed by atoms with E-state index in [9.17, 15) is 17.5 Å². The first-order valence-electron chi connectivity index (χ1n) is 3.07. The number of aryl methyl sites for hydroxylation is 1. The molecule has 0 aliphatic rings. The maximum Gasteiger partial charge on any atom is 1.00 e. The van der Waals surface area contributed by atoms with Gasteiger partial charge in [-0.3, -0.25) is 4.21 Å². The molecule has 0 spiro atoms. The van der Waals surface area contributed by atoms with Gasteiger partial charge in [0.15, 0.2) is 11.6 Å². The molecule has 66 valence electrons. The van der Waals surface area contributed by atoms with Crippen molar-refractivity contribution >= 4 is 11.1 Å². The Morgan fingerprint density at radius 2 is 1.77 bits per heavy atom. The molecule has 0 aliphatic carbocycles. The third kappa shape index (κ3) is 3.11. The third-order valence-corrected chi connectivity index (χ3v) is 2.20. The Kier molecular flexibility index (Phi) is 5.24. The van der Waals surface area contributed by atoms with E-state index in [1.807, 2.05) is 0 Å². The molecule has 1 atom stereocenters. The average Bonchev–Trinajstić information content (AvgIpc) is 1.96. The maximum atomic E-state index is 12.5. The van der Waals surface area contributed by atoms with Gasteiger partial charge in [-0.25, -0.2) is 8.78 Å². The molecule has 13 heavy (non-hydrogen) atoms. The number of benzene rings is 1. The van der Waals surface area contributed by atoms with Gasteiger partial charge in [-0.1, -0.05) is 0 Å². The molecule has 1 aromatic carbocycles. The van der Waals surface area contributed by atoms with Gasteiger partial charge in [-0.15, -0.1) is 0 Å². The van der Waals surface area contributed by atoms with Crippen molar-refractivity contribution in [2.45, 2.75) is 11.8 Å². The Balaban J connectivity index is 0.00000144. The molecule has 1 unspecified atom stereocenters. The molecule has 1 rings (SSSR count). The van der Waals surface area contributed by atoms with Crippen molar-refractivity contribution < 1.29 is 47.1 Å². The zero-order valence-electron chi connectivity index (χ0n) is 7.14. The minimum absolute atomic E-state index is 0. The summed E-state index contributed by atoms with van der Waals surface area (Å²) in [5.41, 5.74) is 0.197. The van der Waals surface area contributed by atoms with Crippen molar-refractivity contribution in [2.75, 3.05) is 0 Å². The van der Waals surface area contributed by atoms with Crippen molar-refractivity contribution in [1.82, 2.24) is 0 Å². The molecule has 0 aliphatic heterocycles. The minimum atomic E-state index is -2.52. The van der Waals surface area contributed by atoms with Gasteiger partial charge in [-0.2, -0.15) is 0 Å². The van der Waals surface area contributed by atoms with Crippen LogP contribution in [0.1, 0.15) is 5.56 Å². The summed E-state index contributed by atoms with van der Waals surface area (Å²) in [7, 11) is 0. The molecule has 0 fully saturated rings. The first kappa shape index (κ1) is 13.2. The van der Waals surface area contributed by atoms with Crippen molar-refractivity contribution in [3.8, 4) is 0 Å². The van der Waals surface area contributed by atoms with Crippen LogP contribution in [0.3, 0.4) is 0 Å². The predicted octanol–water partition coefficient (Wildman–Crippen LogP) is -1.48. The third-order valence-electron chi connectivity index (χ3n) is 1.40. The van der Waals surface area contributed by atoms with Crippen LogP contribution in [-0.2, 0) is 11.1 Å². The standard InChI is InChI=1S/C7H6F2O2S.Na/c1-4-2-5(8)6(9)3-7(4)12(10)11;/h2-3H,1H3,(H,10,11);/q;+1/p-1. The second kappa shape index (κ2) is 5.17. The van der Waals surface area contributed by atoms with Crippen LogP contribution < -0.4 is 29.6 Å². The van der Waals surface area contributed by atoms with Crippen LogP contribution in [0.15, 0.2) is 17.0 Å². The van der Waals surface area contributed by atoms with E-state index >= 15 is 0 Å². The second-order valence-corrected chi connectivity index (χ2v) is 3.18. The number of hydrogen-bond donors (Lipinski definition) is 0. The van der Waals surface area contributed by atoms with Crippen molar-refractivity contribution in [3.63, 3.8) is 0 Å². The molecule has 0 saturated carbocycles. The fourth-order valence-corrected chi connectivity index (χ4v) is 1.33. The molecule has 2 nitrogen and oxygen atoms in total. The monoisotopic (exact) mass is 214 g/mol. The fourth-order valence-electron chi connectivity index (χ4n) is 0.808. The zero-order valence-corrected chi connectivity index (χ0v) is 9.95. The second-order valence-electron chi connectivity index (χ2n) is 2.27. The van der Waals surface area contributed by atoms with E-state index in [0.717, 1.165) is 6.07 Å². The van der Waals surface area contributed by atoms with Crippen LogP contribution in [-0.4, -0.2) is 8.76 Å². The first-order valence-corrected chi connectivity index (χ1v) is 4.15. The Hall–Kier alpha value is 0.190. The molecule has 0 radical (unpaired) electrons. The van der Waals surface area contributed by atoms with Gasteiger partial charge in [0.2, 0.25) is 0 Å². The largest absolute Gasteiger partial charge is 1.00 e. The summed E-state index contributed by atoms with van der Waals surface area (Å²) in [6.45, 7) is 1.40. The van der Waals surface area contributed by atoms with Crippen LogP contribution in [0.5, 0.6) is 0 Å². The van der Waals surface area contributed by atoms with Gasteiger partial charge in [0, 0.05) is 4.90 Å². The summed E-state index contributed by atoms with van der Waals surface area (Å²) >= 11 is -2.52. The topological polar surface area (TPSA) is 40.1 Å². The van der Waals surface area contributed by atoms with Crippen LogP contribution in [0.4, 0.5) is 8.78 Å². The summed E-state index contributed by atoms with van der Waals surface area (Å²) in [6, 6.07) is 1.51. The molecule has 0 aromatic heterocycles. The maximum absolute atomic E-state index is 12.5. The molecular weight excluding hydrogens is 209 g/mol. The van der Waals surface area contributed by atoms with E-state index < -0.39 is 22.7 Å². The molecule has 1 aromatic rings. The Bertz CT molecular complexity index is 344. The molecule has 0 N–H and O–H groups in total. The molecular formula is C7H5F2NaO2S. The van der Waals surface area contributed by atoms with E-state index in [-0.39, 0.29) is 40.0 Å². The van der Waals surface area contributed by atoms with Crippen molar-refractivity contribution in [1.29, 1.82) is 0 Å². The molecule has 6 heteroatoms. The summed E-state index contributed by atoms with van der Waals surface area (Å²) in [6.07, 6.45) is 0. The molecule has 0 saturated heterocycles. The quantitative estimate of drug-likeness (QED) is 0.422. The molecule has 0 amide bonds. The van der Waals surface area contributed by atoms with Crippen molar-refractivity contribution in [2.24, 2.45) is 0 Å². The van der Waals surface area contributed by atoms with Gasteiger partial charge in [0.1, 0.15) is 0 Å². The smallest absolute Gasteiger partial charge is 0.768 e. The molecule has 0 heterocycles. The number of rotatable bonds is 1. The SMILES string of the molecule is Cc1cc(F)c(F)cc1S(=O)[O-].[Na+]. The van der Waals surface area contributed by atoms with Gasteiger partial charge in [0.25, 0.3) is 0 Å². The van der Waals surface area contributed by atoms with Gasteiger partial charge < -0.3 is 4.55 Å². The average molecular weight is 214 g/mol. The number of halogens is 2. The van der Waals surface area contributed by atoms with E-state index in [1.165, 1.54) is 6.92 Å². The molecule has 0 bridgehead atoms. The van der Waals surface area contributed by atoms with Gasteiger partial charge in [0.05, 0.1) is 0 Å². The van der Waals surface area contributed by atoms with Crippen LogP contribution in [0, 0.1) is 18.6 Å². The van der Waals surface area contributed by atoms with Gasteiger partial charge in [-0.05, 0) is 35.7 Å². The number of hydrogen-bond acceptors (Lipinski definition) is 2. The zero-order chi connectivity index (χ0) is 9.30. The summed E-state index contributed by atoms with van der Waals surface area (Å²) in [4.78, 5) is -0.214. The Labute approximate surface area is 98.9 Å². The van der Waals surface area contributed by atoms with E-state index in [2.05, 4.69) is 0 Å². The van der Waals surface area contributed by atoms with Crippen LogP contribution in [0.2, 0.25) is 0 Å². The van der Waals surface area contributed by atoms with E-state index in [0.29, 0.717) is 6.07 Å². The summed E-state index contributed by atoms with van der Waals surface area (Å²) in [5.74, 6) is -2.19. The Morgan fingerprint density at radius 3 is 2.23 bits per heavy atom. The Morgan fingerprint density at radius 1 is 1.31 bits per heavy atom. The summed E-state index contributed by atoms with van der Waals surface area (Å²) in [5, 5.41) is 0. The van der Waals surface area contributed by atoms with Gasteiger partial charge >= 0.3 is 29.6 Å². The van der Waals surface area contributed by atoms with Crippen molar-refractivity contribution in [3.05, 3.63) is 29.3 Å². The fraction of sp³-hybridized carbons (Fsp3) is 0.143. The van der Waals surface area contributed by atoms with E-state index in [1.54, 1.807) is 0 Å². The minimum Gasteiger partial charge on any atom is -0.768 e.